The van der Waals surface area contributed by atoms with Crippen molar-refractivity contribution in [1.29, 1.82) is 0 Å². The molecular formula is C15H20N4O. The van der Waals surface area contributed by atoms with Gasteiger partial charge in [-0.15, -0.1) is 10.2 Å². The highest BCUT2D eigenvalue weighted by molar-refractivity contribution is 5.42. The van der Waals surface area contributed by atoms with Crippen molar-refractivity contribution in [2.75, 3.05) is 0 Å². The Morgan fingerprint density at radius 2 is 2.10 bits per heavy atom. The molecule has 0 radical (unpaired) electrons. The molecule has 0 aliphatic carbocycles. The number of nitrogens with one attached hydrogen (secondary N) is 1. The molecular weight excluding hydrogens is 252 g/mol. The molecule has 0 spiro atoms. The summed E-state index contributed by atoms with van der Waals surface area (Å²) < 4.78 is 7.99. The zero-order chi connectivity index (χ0) is 14.3. The van der Waals surface area contributed by atoms with Crippen molar-refractivity contribution >= 4 is 0 Å². The number of rotatable bonds is 3. The minimum Gasteiger partial charge on any atom is -0.486 e. The van der Waals surface area contributed by atoms with E-state index in [4.69, 9.17) is 4.74 Å². The molecule has 1 N–H and O–H groups in total. The fourth-order valence-electron chi connectivity index (χ4n) is 2.83. The molecule has 0 amide bonds. The average molecular weight is 272 g/mol. The maximum absolute atomic E-state index is 6.05. The molecule has 3 rings (SSSR count). The van der Waals surface area contributed by atoms with Gasteiger partial charge in [-0.2, -0.15) is 0 Å². The molecule has 1 aromatic heterocycles. The smallest absolute Gasteiger partial charge is 0.149 e. The van der Waals surface area contributed by atoms with Gasteiger partial charge in [-0.1, -0.05) is 18.2 Å². The van der Waals surface area contributed by atoms with Gasteiger partial charge in [0.25, 0.3) is 0 Å². The molecule has 0 fully saturated rings. The van der Waals surface area contributed by atoms with Crippen LogP contribution in [0.15, 0.2) is 30.6 Å². The number of para-hydroxylation sites is 1. The van der Waals surface area contributed by atoms with Crippen molar-refractivity contribution in [3.63, 3.8) is 0 Å². The van der Waals surface area contributed by atoms with Crippen LogP contribution in [0, 0.1) is 0 Å². The third-order valence-corrected chi connectivity index (χ3v) is 3.85. The van der Waals surface area contributed by atoms with Crippen LogP contribution in [-0.4, -0.2) is 20.4 Å². The summed E-state index contributed by atoms with van der Waals surface area (Å²) in [5, 5.41) is 11.7. The molecule has 1 aliphatic rings. The topological polar surface area (TPSA) is 52.0 Å². The van der Waals surface area contributed by atoms with Gasteiger partial charge >= 0.3 is 0 Å². The maximum Gasteiger partial charge on any atom is 0.149 e. The van der Waals surface area contributed by atoms with Gasteiger partial charge < -0.3 is 9.30 Å². The molecule has 20 heavy (non-hydrogen) atoms. The summed E-state index contributed by atoms with van der Waals surface area (Å²) in [6, 6.07) is 8.41. The molecule has 5 heteroatoms. The number of fused-ring (bicyclic) bond motifs is 1. The average Bonchev–Trinajstić information content (AvgIpc) is 2.92. The summed E-state index contributed by atoms with van der Waals surface area (Å²) in [7, 11) is 1.96. The highest BCUT2D eigenvalue weighted by Gasteiger charge is 2.41. The molecule has 2 aromatic rings. The standard InChI is InChI=1S/C15H20N4O/c1-10(14-18-16-9-19(14)4)17-13-11-7-5-6-8-12(11)20-15(13,2)3/h5-10,13,17H,1-4H3. The fourth-order valence-corrected chi connectivity index (χ4v) is 2.83. The van der Waals surface area contributed by atoms with E-state index in [0.717, 1.165) is 11.6 Å². The summed E-state index contributed by atoms with van der Waals surface area (Å²) >= 11 is 0. The van der Waals surface area contributed by atoms with E-state index >= 15 is 0 Å². The van der Waals surface area contributed by atoms with E-state index in [1.807, 2.05) is 29.8 Å². The molecule has 1 aromatic carbocycles. The highest BCUT2D eigenvalue weighted by Crippen LogP contribution is 2.43. The lowest BCUT2D eigenvalue weighted by Gasteiger charge is -2.29. The number of hydrogen-bond donors (Lipinski definition) is 1. The number of aromatic nitrogens is 3. The molecule has 0 saturated heterocycles. The zero-order valence-corrected chi connectivity index (χ0v) is 12.3. The van der Waals surface area contributed by atoms with Gasteiger partial charge in [0.05, 0.1) is 12.1 Å². The van der Waals surface area contributed by atoms with Crippen LogP contribution in [0.25, 0.3) is 0 Å². The van der Waals surface area contributed by atoms with Crippen molar-refractivity contribution in [2.45, 2.75) is 38.5 Å². The van der Waals surface area contributed by atoms with Crippen molar-refractivity contribution in [1.82, 2.24) is 20.1 Å². The fraction of sp³-hybridized carbons (Fsp3) is 0.467. The summed E-state index contributed by atoms with van der Waals surface area (Å²) in [4.78, 5) is 0. The minimum absolute atomic E-state index is 0.0986. The first-order valence-corrected chi connectivity index (χ1v) is 6.87. The number of hydrogen-bond acceptors (Lipinski definition) is 4. The number of nitrogens with zero attached hydrogens (tertiary/aromatic N) is 3. The van der Waals surface area contributed by atoms with E-state index in [1.54, 1.807) is 6.33 Å². The van der Waals surface area contributed by atoms with E-state index in [9.17, 15) is 0 Å². The van der Waals surface area contributed by atoms with Gasteiger partial charge in [-0.05, 0) is 26.8 Å². The van der Waals surface area contributed by atoms with Crippen LogP contribution in [0.3, 0.4) is 0 Å². The molecule has 2 unspecified atom stereocenters. The van der Waals surface area contributed by atoms with Gasteiger partial charge in [-0.25, -0.2) is 0 Å². The van der Waals surface area contributed by atoms with Crippen LogP contribution >= 0.6 is 0 Å². The van der Waals surface area contributed by atoms with E-state index in [1.165, 1.54) is 5.56 Å². The number of aryl methyl sites for hydroxylation is 1. The number of ether oxygens (including phenoxy) is 1. The quantitative estimate of drug-likeness (QED) is 0.932. The van der Waals surface area contributed by atoms with E-state index in [2.05, 4.69) is 42.4 Å². The van der Waals surface area contributed by atoms with Gasteiger partial charge in [0.1, 0.15) is 23.5 Å². The molecule has 5 nitrogen and oxygen atoms in total. The van der Waals surface area contributed by atoms with Gasteiger partial charge in [0.2, 0.25) is 0 Å². The molecule has 0 saturated carbocycles. The Morgan fingerprint density at radius 1 is 1.35 bits per heavy atom. The first-order valence-electron chi connectivity index (χ1n) is 6.87. The third kappa shape index (κ3) is 2.08. The van der Waals surface area contributed by atoms with Gasteiger partial charge in [0.15, 0.2) is 0 Å². The minimum atomic E-state index is -0.281. The van der Waals surface area contributed by atoms with Crippen LogP contribution in [0.4, 0.5) is 0 Å². The monoisotopic (exact) mass is 272 g/mol. The lowest BCUT2D eigenvalue weighted by molar-refractivity contribution is 0.0912. The van der Waals surface area contributed by atoms with Crippen LogP contribution in [-0.2, 0) is 7.05 Å². The summed E-state index contributed by atoms with van der Waals surface area (Å²) in [6.45, 7) is 6.31. The Hall–Kier alpha value is -1.88. The van der Waals surface area contributed by atoms with Crippen LogP contribution in [0.5, 0.6) is 5.75 Å². The normalized spacial score (nSPS) is 21.3. The van der Waals surface area contributed by atoms with Gasteiger partial charge in [0, 0.05) is 12.6 Å². The molecule has 0 bridgehead atoms. The van der Waals surface area contributed by atoms with Crippen LogP contribution in [0.1, 0.15) is 44.2 Å². The predicted octanol–water partition coefficient (Wildman–Crippen LogP) is 2.38. The lowest BCUT2D eigenvalue weighted by atomic mass is 9.94. The van der Waals surface area contributed by atoms with E-state index in [-0.39, 0.29) is 17.7 Å². The first-order chi connectivity index (χ1) is 9.49. The largest absolute Gasteiger partial charge is 0.486 e. The third-order valence-electron chi connectivity index (χ3n) is 3.85. The Balaban J connectivity index is 1.88. The van der Waals surface area contributed by atoms with Crippen LogP contribution in [0.2, 0.25) is 0 Å². The maximum atomic E-state index is 6.05. The summed E-state index contributed by atoms with van der Waals surface area (Å²) in [6.07, 6.45) is 1.72. The van der Waals surface area contributed by atoms with E-state index in [0.29, 0.717) is 0 Å². The second-order valence-corrected chi connectivity index (χ2v) is 5.86. The van der Waals surface area contributed by atoms with Crippen LogP contribution < -0.4 is 10.1 Å². The molecule has 2 atom stereocenters. The second-order valence-electron chi connectivity index (χ2n) is 5.86. The molecule has 106 valence electrons. The van der Waals surface area contributed by atoms with Crippen molar-refractivity contribution in [3.05, 3.63) is 42.0 Å². The predicted molar refractivity (Wildman–Crippen MR) is 76.4 cm³/mol. The Kier molecular flexibility index (Phi) is 3.01. The van der Waals surface area contributed by atoms with Gasteiger partial charge in [-0.3, -0.25) is 5.32 Å². The van der Waals surface area contributed by atoms with Crippen molar-refractivity contribution < 1.29 is 4.74 Å². The second kappa shape index (κ2) is 4.59. The molecule has 2 heterocycles. The van der Waals surface area contributed by atoms with E-state index < -0.39 is 0 Å². The zero-order valence-electron chi connectivity index (χ0n) is 12.3. The Labute approximate surface area is 119 Å². The number of benzene rings is 1. The van der Waals surface area contributed by atoms with Crippen molar-refractivity contribution in [3.8, 4) is 5.75 Å². The first kappa shape index (κ1) is 13.1. The molecule has 1 aliphatic heterocycles. The van der Waals surface area contributed by atoms with Crippen molar-refractivity contribution in [2.24, 2.45) is 7.05 Å². The lowest BCUT2D eigenvalue weighted by Crippen LogP contribution is -2.40. The Bertz CT molecular complexity index is 620. The highest BCUT2D eigenvalue weighted by atomic mass is 16.5. The SMILES string of the molecule is CC(NC1c2ccccc2OC1(C)C)c1nncn1C. The summed E-state index contributed by atoms with van der Waals surface area (Å²) in [5.74, 6) is 1.88. The Morgan fingerprint density at radius 3 is 2.80 bits per heavy atom. The summed E-state index contributed by atoms with van der Waals surface area (Å²) in [5.41, 5.74) is 0.919.